The number of benzene rings is 4. The van der Waals surface area contributed by atoms with Crippen molar-refractivity contribution >= 4 is 111 Å². The number of hydrogen-bond acceptors (Lipinski definition) is 22. The first-order valence-corrected chi connectivity index (χ1v) is 37.1. The summed E-state index contributed by atoms with van der Waals surface area (Å²) in [5.74, 6) is -8.00. The molecule has 113 heavy (non-hydrogen) atoms. The van der Waals surface area contributed by atoms with E-state index in [-0.39, 0.29) is 163 Å². The third-order valence-corrected chi connectivity index (χ3v) is 22.9. The van der Waals surface area contributed by atoms with Crippen molar-refractivity contribution in [1.29, 1.82) is 0 Å². The van der Waals surface area contributed by atoms with E-state index < -0.39 is 107 Å². The molecule has 0 radical (unpaired) electrons. The van der Waals surface area contributed by atoms with Gasteiger partial charge in [-0.25, -0.2) is 54.3 Å². The topological polar surface area (TPSA) is 328 Å². The average Bonchev–Trinajstić information content (AvgIpc) is 1.54. The van der Waals surface area contributed by atoms with E-state index in [0.717, 1.165) is 115 Å². The normalized spacial score (nSPS) is 24.4. The highest BCUT2D eigenvalue weighted by Gasteiger charge is 2.69. The van der Waals surface area contributed by atoms with Crippen LogP contribution in [-0.2, 0) is 52.4 Å². The highest BCUT2D eigenvalue weighted by Crippen LogP contribution is 2.62. The SMILES string of the molecule is CC(=O)NC[C@H]1CN(c2cc(F)c(N3C/C(=N\O)C4(CC4)C3)c(F)c2)C(=O)O1.CC(=O)NC[C@H]1CN(c2cc(F)c(N3CC(=O)C4(CC4)C3)c(F)c2)C(=O)O1.CC(=O)NC[C@H]1CN(c2cc(F)c(N3CC4(CC4)C4(C3)OCCO4)c(F)c2)C(=O)O1.CN=C1CN(c2c(F)cc(N3C[C@H](CNC(C)=O)OC3=O)cc2F)CC12CC2. The van der Waals surface area contributed by atoms with Crippen molar-refractivity contribution in [2.24, 2.45) is 31.8 Å². The lowest BCUT2D eigenvalue weighted by atomic mass is 10.00. The van der Waals surface area contributed by atoms with Crippen molar-refractivity contribution in [2.45, 2.75) is 109 Å². The quantitative estimate of drug-likeness (QED) is 0.0317. The first kappa shape index (κ1) is 78.9. The number of rotatable bonds is 16. The lowest BCUT2D eigenvalue weighted by molar-refractivity contribution is -0.178. The maximum atomic E-state index is 15.0. The van der Waals surface area contributed by atoms with E-state index in [1.54, 1.807) is 16.8 Å². The number of nitrogens with one attached hydrogen (secondary N) is 4. The molecule has 9 aliphatic heterocycles. The number of aliphatic imine (C=N–C) groups is 1. The Morgan fingerprint density at radius 3 is 0.947 bits per heavy atom. The molecule has 0 unspecified atom stereocenters. The zero-order valence-corrected chi connectivity index (χ0v) is 62.4. The average molecular weight is 1590 g/mol. The van der Waals surface area contributed by atoms with Gasteiger partial charge in [-0.2, -0.15) is 0 Å². The predicted molar refractivity (Wildman–Crippen MR) is 388 cm³/mol. The van der Waals surface area contributed by atoms with Gasteiger partial charge >= 0.3 is 24.4 Å². The van der Waals surface area contributed by atoms with Crippen LogP contribution in [0, 0.1) is 68.2 Å². The van der Waals surface area contributed by atoms with Crippen LogP contribution in [0.5, 0.6) is 0 Å². The number of fused-ring (bicyclic) bond motifs is 1. The van der Waals surface area contributed by atoms with Crippen LogP contribution < -0.4 is 60.5 Å². The molecule has 0 aromatic heterocycles. The van der Waals surface area contributed by atoms with E-state index in [1.165, 1.54) is 47.3 Å². The summed E-state index contributed by atoms with van der Waals surface area (Å²) in [6.45, 7) is 9.81. The second-order valence-corrected chi connectivity index (χ2v) is 30.9. The molecule has 9 heterocycles. The number of oxime groups is 1. The molecule has 30 nitrogen and oxygen atoms in total. The van der Waals surface area contributed by atoms with E-state index in [1.807, 2.05) is 0 Å². The van der Waals surface area contributed by atoms with Gasteiger partial charge in [-0.05, 0) is 51.4 Å². The van der Waals surface area contributed by atoms with Crippen molar-refractivity contribution in [3.63, 3.8) is 0 Å². The number of cyclic esters (lactones) is 4. The number of nitrogens with zero attached hydrogens (tertiary/aromatic N) is 10. The third-order valence-electron chi connectivity index (χ3n) is 22.9. The minimum absolute atomic E-state index is 0.00225. The Bertz CT molecular complexity index is 4380. The summed E-state index contributed by atoms with van der Waals surface area (Å²) in [5.41, 5.74) is 0.188. The maximum absolute atomic E-state index is 15.0. The number of anilines is 8. The van der Waals surface area contributed by atoms with Gasteiger partial charge in [0, 0.05) is 137 Å². The number of carbonyl (C=O) groups excluding carboxylic acids is 9. The summed E-state index contributed by atoms with van der Waals surface area (Å²) < 4.78 is 151. The maximum Gasteiger partial charge on any atom is 0.414 e. The molecule has 4 aromatic rings. The van der Waals surface area contributed by atoms with Crippen LogP contribution >= 0.6 is 0 Å². The monoisotopic (exact) mass is 1590 g/mol. The minimum atomic E-state index is -0.825. The molecule has 8 amide bonds. The van der Waals surface area contributed by atoms with Gasteiger partial charge < -0.3 is 74.5 Å². The Hall–Kier alpha value is -10.8. The predicted octanol–water partition coefficient (Wildman–Crippen LogP) is 7.32. The number of hydrogen-bond donors (Lipinski definition) is 5. The van der Waals surface area contributed by atoms with E-state index in [4.69, 9.17) is 33.6 Å². The van der Waals surface area contributed by atoms with Gasteiger partial charge in [0.2, 0.25) is 23.6 Å². The summed E-state index contributed by atoms with van der Waals surface area (Å²) in [4.78, 5) is 120. The molecule has 4 aliphatic carbocycles. The molecule has 4 atom stereocenters. The molecule has 4 saturated carbocycles. The van der Waals surface area contributed by atoms with Crippen LogP contribution in [0.25, 0.3) is 0 Å². The van der Waals surface area contributed by atoms with Gasteiger partial charge in [0.25, 0.3) is 0 Å². The lowest BCUT2D eigenvalue weighted by Gasteiger charge is -2.28. The summed E-state index contributed by atoms with van der Waals surface area (Å²) >= 11 is 0. The summed E-state index contributed by atoms with van der Waals surface area (Å²) in [7, 11) is 1.71. The highest BCUT2D eigenvalue weighted by molar-refractivity contribution is 6.01. The van der Waals surface area contributed by atoms with Crippen LogP contribution in [0.1, 0.15) is 79.1 Å². The number of amides is 8. The van der Waals surface area contributed by atoms with E-state index in [9.17, 15) is 69.5 Å². The minimum Gasteiger partial charge on any atom is -0.442 e. The molecule has 0 bridgehead atoms. The second kappa shape index (κ2) is 30.6. The van der Waals surface area contributed by atoms with E-state index in [0.29, 0.717) is 51.6 Å². The van der Waals surface area contributed by atoms with Gasteiger partial charge in [-0.1, -0.05) is 5.16 Å². The highest BCUT2D eigenvalue weighted by atomic mass is 19.2. The van der Waals surface area contributed by atoms with Crippen molar-refractivity contribution in [1.82, 2.24) is 21.3 Å². The molecule has 17 rings (SSSR count). The fourth-order valence-corrected chi connectivity index (χ4v) is 16.4. The fourth-order valence-electron chi connectivity index (χ4n) is 16.4. The molecule has 13 fully saturated rings. The zero-order chi connectivity index (χ0) is 80.5. The molecule has 606 valence electrons. The molecular weight excluding hydrogens is 1500 g/mol. The van der Waals surface area contributed by atoms with Crippen molar-refractivity contribution < 1.29 is 112 Å². The van der Waals surface area contributed by atoms with Crippen molar-refractivity contribution in [3.05, 3.63) is 95.1 Å². The first-order valence-electron chi connectivity index (χ1n) is 37.1. The summed E-state index contributed by atoms with van der Waals surface area (Å²) in [5, 5.41) is 22.7. The standard InChI is InChI=1S/C20H23F2N3O5.C19H22F2N4O3.C18H20F2N4O4.C18H19F2N3O4/c1-12(26)23-8-14-9-25(18(27)30-14)13-6-15(21)17(16(22)7-13)24-10-19(2-3-19)20(11-24)28-4-5-29-20;1-11(26)23-7-13-8-25(18(27)28-13)12-5-14(20)17(15(21)6-12)24-9-16(22-2)19(10-24)3-4-19;1-10(25)21-6-12-7-24(17(26)28-12)11-4-13(19)16(14(20)5-11)23-8-15(22-27)18(9-23)2-3-18;1-10(24)21-6-12-7-23(17(26)27-12)11-4-13(19)16(14(20)5-11)22-8-15(25)18(9-22)2-3-18/h6-7,14H,2-5,8-11H2,1H3,(H,23,26);5-6,13H,3-4,7-10H2,1-2H3,(H,23,26);4-5,12,27H,2-3,6-9H2,1H3,(H,21,25);4-5,12H,2-3,6-9H2,1H3,(H,21,24)/b;;22-15+;/t14-;13-;2*12-/m0000/s1. The number of carbonyl (C=O) groups is 9. The van der Waals surface area contributed by atoms with Crippen LogP contribution in [-0.4, -0.2) is 226 Å². The van der Waals surface area contributed by atoms with Crippen LogP contribution in [0.15, 0.2) is 58.7 Å². The number of ketones is 1. The van der Waals surface area contributed by atoms with Crippen LogP contribution in [0.2, 0.25) is 0 Å². The Morgan fingerprint density at radius 1 is 0.407 bits per heavy atom. The number of ether oxygens (including phenoxy) is 6. The molecule has 5 N–H and O–H groups in total. The van der Waals surface area contributed by atoms with Crippen molar-refractivity contribution in [3.8, 4) is 0 Å². The van der Waals surface area contributed by atoms with E-state index in [2.05, 4.69) is 31.4 Å². The number of halogens is 8. The molecular formula is C75H84F8N14O16. The molecule has 9 saturated heterocycles. The summed E-state index contributed by atoms with van der Waals surface area (Å²) in [6.07, 6.45) is 1.77. The van der Waals surface area contributed by atoms with Gasteiger partial charge in [0.05, 0.1) is 120 Å². The third kappa shape index (κ3) is 15.9. The van der Waals surface area contributed by atoms with Gasteiger partial charge in [-0.3, -0.25) is 48.6 Å². The molecule has 4 aromatic carbocycles. The summed E-state index contributed by atoms with van der Waals surface area (Å²) in [6, 6.07) is 8.92. The Balaban J connectivity index is 0.000000125. The van der Waals surface area contributed by atoms with E-state index >= 15 is 8.78 Å². The first-order chi connectivity index (χ1) is 53.8. The molecule has 38 heteroatoms. The Morgan fingerprint density at radius 2 is 0.690 bits per heavy atom. The fraction of sp³-hybridized carbons (Fsp3) is 0.533. The largest absolute Gasteiger partial charge is 0.442 e. The zero-order valence-electron chi connectivity index (χ0n) is 62.4. The van der Waals surface area contributed by atoms with Crippen LogP contribution in [0.4, 0.5) is 99.8 Å². The Kier molecular flexibility index (Phi) is 21.4. The van der Waals surface area contributed by atoms with Gasteiger partial charge in [0.1, 0.15) is 47.2 Å². The smallest absolute Gasteiger partial charge is 0.414 e. The lowest BCUT2D eigenvalue weighted by Crippen LogP contribution is -2.40. The second-order valence-electron chi connectivity index (χ2n) is 30.9. The van der Waals surface area contributed by atoms with Crippen LogP contribution in [0.3, 0.4) is 0 Å². The van der Waals surface area contributed by atoms with Gasteiger partial charge in [0.15, 0.2) is 58.1 Å². The molecule has 5 spiro atoms. The molecule has 13 aliphatic rings. The Labute approximate surface area is 641 Å². The van der Waals surface area contributed by atoms with Crippen molar-refractivity contribution in [2.75, 3.05) is 164 Å². The van der Waals surface area contributed by atoms with Gasteiger partial charge in [-0.15, -0.1) is 0 Å². The number of Topliss-reactive ketones (excluding diaryl/α,β-unsaturated/α-hetero) is 1.